The summed E-state index contributed by atoms with van der Waals surface area (Å²) in [7, 11) is -0.409. The molecular formula is C36H32BNO2. The van der Waals surface area contributed by atoms with Crippen LogP contribution in [0, 0.1) is 0 Å². The molecule has 0 amide bonds. The Labute approximate surface area is 236 Å². The van der Waals surface area contributed by atoms with Crippen LogP contribution in [0.15, 0.2) is 121 Å². The third-order valence-corrected chi connectivity index (χ3v) is 8.63. The zero-order valence-electron chi connectivity index (χ0n) is 23.4. The van der Waals surface area contributed by atoms with Gasteiger partial charge >= 0.3 is 7.12 Å². The number of rotatable bonds is 4. The Morgan fingerprint density at radius 1 is 0.500 bits per heavy atom. The van der Waals surface area contributed by atoms with Gasteiger partial charge in [-0.1, -0.05) is 91.0 Å². The Hall–Kier alpha value is -4.12. The molecule has 196 valence electrons. The number of nitrogens with zero attached hydrogens (tertiary/aromatic N) is 1. The molecule has 1 saturated heterocycles. The summed E-state index contributed by atoms with van der Waals surface area (Å²) in [4.78, 5) is 0. The van der Waals surface area contributed by atoms with Crippen molar-refractivity contribution in [1.29, 1.82) is 0 Å². The Bertz CT molecular complexity index is 1840. The van der Waals surface area contributed by atoms with Gasteiger partial charge in [-0.2, -0.15) is 0 Å². The summed E-state index contributed by atoms with van der Waals surface area (Å²) in [5.41, 5.74) is 8.53. The van der Waals surface area contributed by atoms with Crippen LogP contribution in [0.5, 0.6) is 0 Å². The third-order valence-electron chi connectivity index (χ3n) is 8.63. The van der Waals surface area contributed by atoms with Gasteiger partial charge in [-0.3, -0.25) is 0 Å². The van der Waals surface area contributed by atoms with Crippen molar-refractivity contribution in [3.05, 3.63) is 121 Å². The molecule has 1 aliphatic heterocycles. The lowest BCUT2D eigenvalue weighted by Gasteiger charge is -2.32. The molecule has 0 unspecified atom stereocenters. The molecular weight excluding hydrogens is 489 g/mol. The highest BCUT2D eigenvalue weighted by Crippen LogP contribution is 2.38. The highest BCUT2D eigenvalue weighted by Gasteiger charge is 2.51. The molecule has 7 rings (SSSR count). The summed E-state index contributed by atoms with van der Waals surface area (Å²) < 4.78 is 15.2. The summed E-state index contributed by atoms with van der Waals surface area (Å²) in [5.74, 6) is 0. The number of hydrogen-bond donors (Lipinski definition) is 0. The highest BCUT2D eigenvalue weighted by molar-refractivity contribution is 6.62. The van der Waals surface area contributed by atoms with Gasteiger partial charge in [-0.05, 0) is 85.7 Å². The minimum atomic E-state index is -0.409. The van der Waals surface area contributed by atoms with Gasteiger partial charge in [-0.25, -0.2) is 0 Å². The van der Waals surface area contributed by atoms with Crippen molar-refractivity contribution in [2.75, 3.05) is 0 Å². The lowest BCUT2D eigenvalue weighted by Crippen LogP contribution is -2.41. The van der Waals surface area contributed by atoms with Gasteiger partial charge in [-0.15, -0.1) is 0 Å². The monoisotopic (exact) mass is 521 g/mol. The van der Waals surface area contributed by atoms with Crippen LogP contribution in [-0.4, -0.2) is 22.9 Å². The second kappa shape index (κ2) is 9.23. The smallest absolute Gasteiger partial charge is 0.399 e. The molecule has 0 saturated carbocycles. The number of benzene rings is 5. The van der Waals surface area contributed by atoms with E-state index in [2.05, 4.69) is 154 Å². The van der Waals surface area contributed by atoms with E-state index in [1.165, 1.54) is 38.5 Å². The summed E-state index contributed by atoms with van der Waals surface area (Å²) in [6.45, 7) is 8.39. The fraction of sp³-hybridized carbons (Fsp3) is 0.167. The van der Waals surface area contributed by atoms with Gasteiger partial charge in [0.05, 0.1) is 22.2 Å². The molecule has 40 heavy (non-hydrogen) atoms. The maximum atomic E-state index is 6.41. The predicted octanol–water partition coefficient (Wildman–Crippen LogP) is 8.42. The van der Waals surface area contributed by atoms with Crippen LogP contribution in [0.25, 0.3) is 49.7 Å². The largest absolute Gasteiger partial charge is 0.494 e. The second-order valence-electron chi connectivity index (χ2n) is 11.7. The molecule has 4 heteroatoms. The summed E-state index contributed by atoms with van der Waals surface area (Å²) in [6, 6.07) is 43.4. The van der Waals surface area contributed by atoms with Crippen LogP contribution in [0.3, 0.4) is 0 Å². The summed E-state index contributed by atoms with van der Waals surface area (Å²) >= 11 is 0. The summed E-state index contributed by atoms with van der Waals surface area (Å²) in [6.07, 6.45) is 0. The van der Waals surface area contributed by atoms with Crippen LogP contribution in [0.4, 0.5) is 0 Å². The molecule has 1 fully saturated rings. The van der Waals surface area contributed by atoms with Gasteiger partial charge in [0.2, 0.25) is 0 Å². The zero-order valence-corrected chi connectivity index (χ0v) is 23.4. The normalized spacial score (nSPS) is 16.1. The first-order valence-corrected chi connectivity index (χ1v) is 14.0. The average Bonchev–Trinajstić information content (AvgIpc) is 3.42. The van der Waals surface area contributed by atoms with E-state index in [1.807, 2.05) is 0 Å². The maximum absolute atomic E-state index is 6.41. The van der Waals surface area contributed by atoms with Gasteiger partial charge in [0.15, 0.2) is 0 Å². The van der Waals surface area contributed by atoms with E-state index < -0.39 is 7.12 Å². The van der Waals surface area contributed by atoms with Crippen molar-refractivity contribution in [2.24, 2.45) is 0 Å². The predicted molar refractivity (Wildman–Crippen MR) is 167 cm³/mol. The first-order valence-electron chi connectivity index (χ1n) is 14.0. The fourth-order valence-electron chi connectivity index (χ4n) is 5.71. The van der Waals surface area contributed by atoms with Crippen LogP contribution in [0.2, 0.25) is 0 Å². The molecule has 6 aromatic rings. The Morgan fingerprint density at radius 3 is 1.70 bits per heavy atom. The molecule has 0 radical (unpaired) electrons. The van der Waals surface area contributed by atoms with Crippen molar-refractivity contribution in [1.82, 2.24) is 4.57 Å². The lowest BCUT2D eigenvalue weighted by molar-refractivity contribution is 0.00578. The zero-order chi connectivity index (χ0) is 27.5. The first-order chi connectivity index (χ1) is 19.3. The Kier molecular flexibility index (Phi) is 5.74. The van der Waals surface area contributed by atoms with Crippen molar-refractivity contribution in [3.63, 3.8) is 0 Å². The fourth-order valence-corrected chi connectivity index (χ4v) is 5.71. The standard InChI is InChI=1S/C36H32BNO2/c1-35(2)36(3,4)40-37(39-35)29-19-21-32-31-20-18-28(27-15-11-14-26(22-27)25-12-7-5-8-13-25)23-33(31)38(34(32)24-29)30-16-9-6-10-17-30/h5-24H,1-4H3. The first kappa shape index (κ1) is 24.9. The van der Waals surface area contributed by atoms with E-state index >= 15 is 0 Å². The van der Waals surface area contributed by atoms with Crippen LogP contribution in [0.1, 0.15) is 27.7 Å². The van der Waals surface area contributed by atoms with Gasteiger partial charge in [0.1, 0.15) is 0 Å². The van der Waals surface area contributed by atoms with Gasteiger partial charge in [0, 0.05) is 16.5 Å². The average molecular weight is 521 g/mol. The second-order valence-corrected chi connectivity index (χ2v) is 11.7. The molecule has 0 bridgehead atoms. The minimum Gasteiger partial charge on any atom is -0.399 e. The van der Waals surface area contributed by atoms with Crippen LogP contribution in [-0.2, 0) is 9.31 Å². The lowest BCUT2D eigenvalue weighted by atomic mass is 9.79. The molecule has 0 atom stereocenters. The summed E-state index contributed by atoms with van der Waals surface area (Å²) in [5, 5.41) is 2.44. The van der Waals surface area contributed by atoms with Gasteiger partial charge in [0.25, 0.3) is 0 Å². The molecule has 5 aromatic carbocycles. The topological polar surface area (TPSA) is 23.4 Å². The molecule has 0 aliphatic carbocycles. The Morgan fingerprint density at radius 2 is 1.02 bits per heavy atom. The van der Waals surface area contributed by atoms with E-state index in [-0.39, 0.29) is 11.2 Å². The van der Waals surface area contributed by atoms with Crippen molar-refractivity contribution in [3.8, 4) is 27.9 Å². The van der Waals surface area contributed by atoms with E-state index in [9.17, 15) is 0 Å². The number of hydrogen-bond acceptors (Lipinski definition) is 2. The van der Waals surface area contributed by atoms with E-state index in [0.717, 1.165) is 16.7 Å². The maximum Gasteiger partial charge on any atom is 0.494 e. The van der Waals surface area contributed by atoms with E-state index in [4.69, 9.17) is 9.31 Å². The van der Waals surface area contributed by atoms with Crippen molar-refractivity contribution >= 4 is 34.4 Å². The Balaban J connectivity index is 1.40. The molecule has 2 heterocycles. The van der Waals surface area contributed by atoms with Crippen LogP contribution < -0.4 is 5.46 Å². The molecule has 0 spiro atoms. The SMILES string of the molecule is CC1(C)OB(c2ccc3c4ccc(-c5cccc(-c6ccccc6)c5)cc4n(-c4ccccc4)c3c2)OC1(C)C. The quantitative estimate of drug-likeness (QED) is 0.218. The number of aromatic nitrogens is 1. The third kappa shape index (κ3) is 4.07. The van der Waals surface area contributed by atoms with Crippen molar-refractivity contribution in [2.45, 2.75) is 38.9 Å². The molecule has 1 aliphatic rings. The van der Waals surface area contributed by atoms with Crippen LogP contribution >= 0.6 is 0 Å². The van der Waals surface area contributed by atoms with Crippen molar-refractivity contribution < 1.29 is 9.31 Å². The number of para-hydroxylation sites is 1. The molecule has 0 N–H and O–H groups in total. The highest BCUT2D eigenvalue weighted by atomic mass is 16.7. The molecule has 1 aromatic heterocycles. The van der Waals surface area contributed by atoms with Gasteiger partial charge < -0.3 is 13.9 Å². The molecule has 3 nitrogen and oxygen atoms in total. The minimum absolute atomic E-state index is 0.387. The van der Waals surface area contributed by atoms with E-state index in [0.29, 0.717) is 0 Å². The number of fused-ring (bicyclic) bond motifs is 3. The van der Waals surface area contributed by atoms with E-state index in [1.54, 1.807) is 0 Å².